The number of nitrogens with one attached hydrogen (secondary N) is 1. The Labute approximate surface area is 171 Å². The molecule has 1 saturated heterocycles. The van der Waals surface area contributed by atoms with E-state index in [9.17, 15) is 0 Å². The molecule has 1 aliphatic rings. The van der Waals surface area contributed by atoms with Crippen molar-refractivity contribution in [1.82, 2.24) is 15.2 Å². The summed E-state index contributed by atoms with van der Waals surface area (Å²) in [6, 6.07) is 0. The van der Waals surface area contributed by atoms with Crippen LogP contribution in [-0.2, 0) is 16.0 Å². The Morgan fingerprint density at radius 1 is 1.48 bits per heavy atom. The molecule has 1 atom stereocenters. The van der Waals surface area contributed by atoms with Crippen molar-refractivity contribution in [2.24, 2.45) is 10.9 Å². The molecule has 2 rings (SSSR count). The zero-order chi connectivity index (χ0) is 17.4. The number of rotatable bonds is 8. The van der Waals surface area contributed by atoms with Crippen LogP contribution in [0.1, 0.15) is 12.1 Å². The van der Waals surface area contributed by atoms with Gasteiger partial charge in [-0.05, 0) is 6.42 Å². The average Bonchev–Trinajstić information content (AvgIpc) is 3.22. The standard InChI is InChI=1S/C16H29N5O2S.HI/c1-17-15(18-9-14-12-24-16(19-14)20(2)3)21-6-5-13(10-21)11-23-8-7-22-4;/h12-13H,5-11H2,1-4H3,(H,17,18);1H. The number of likely N-dealkylation sites (tertiary alicyclic amines) is 1. The van der Waals surface area contributed by atoms with Gasteiger partial charge >= 0.3 is 0 Å². The first kappa shape index (κ1) is 22.4. The van der Waals surface area contributed by atoms with E-state index in [0.717, 1.165) is 42.9 Å². The van der Waals surface area contributed by atoms with E-state index in [0.29, 0.717) is 25.7 Å². The molecular formula is C16H30IN5O2S. The van der Waals surface area contributed by atoms with Crippen molar-refractivity contribution < 1.29 is 9.47 Å². The molecule has 1 fully saturated rings. The van der Waals surface area contributed by atoms with E-state index in [1.807, 2.05) is 26.0 Å². The SMILES string of the molecule is CN=C(NCc1csc(N(C)C)n1)N1CCC(COCCOC)C1.I. The summed E-state index contributed by atoms with van der Waals surface area (Å²) in [5.74, 6) is 1.49. The second-order valence-corrected chi connectivity index (χ2v) is 6.92. The van der Waals surface area contributed by atoms with Crippen LogP contribution in [0, 0.1) is 5.92 Å². The van der Waals surface area contributed by atoms with Gasteiger partial charge in [0.25, 0.3) is 0 Å². The van der Waals surface area contributed by atoms with Crippen molar-refractivity contribution in [2.45, 2.75) is 13.0 Å². The summed E-state index contributed by atoms with van der Waals surface area (Å²) in [4.78, 5) is 13.3. The lowest BCUT2D eigenvalue weighted by molar-refractivity contribution is 0.0536. The predicted molar refractivity (Wildman–Crippen MR) is 114 cm³/mol. The Morgan fingerprint density at radius 3 is 2.92 bits per heavy atom. The van der Waals surface area contributed by atoms with Crippen molar-refractivity contribution in [2.75, 3.05) is 66.1 Å². The highest BCUT2D eigenvalue weighted by molar-refractivity contribution is 14.0. The third-order valence-corrected chi connectivity index (χ3v) is 4.99. The largest absolute Gasteiger partial charge is 0.382 e. The number of hydrogen-bond donors (Lipinski definition) is 1. The van der Waals surface area contributed by atoms with Gasteiger partial charge in [0.2, 0.25) is 0 Å². The summed E-state index contributed by atoms with van der Waals surface area (Å²) in [7, 11) is 7.54. The first-order chi connectivity index (χ1) is 11.6. The van der Waals surface area contributed by atoms with Gasteiger partial charge in [-0.2, -0.15) is 0 Å². The zero-order valence-electron chi connectivity index (χ0n) is 15.5. The Kier molecular flexibility index (Phi) is 10.6. The Balaban J connectivity index is 0.00000312. The molecule has 0 aromatic carbocycles. The number of thiazole rings is 1. The lowest BCUT2D eigenvalue weighted by atomic mass is 10.1. The topological polar surface area (TPSA) is 62.2 Å². The molecule has 1 unspecified atom stereocenters. The molecule has 1 aromatic rings. The van der Waals surface area contributed by atoms with E-state index in [-0.39, 0.29) is 24.0 Å². The van der Waals surface area contributed by atoms with Crippen LogP contribution in [0.2, 0.25) is 0 Å². The quantitative estimate of drug-likeness (QED) is 0.264. The second kappa shape index (κ2) is 11.9. The van der Waals surface area contributed by atoms with E-state index in [1.54, 1.807) is 18.4 Å². The van der Waals surface area contributed by atoms with E-state index < -0.39 is 0 Å². The number of methoxy groups -OCH3 is 1. The summed E-state index contributed by atoms with van der Waals surface area (Å²) >= 11 is 1.66. The summed E-state index contributed by atoms with van der Waals surface area (Å²) in [5, 5.41) is 6.53. The average molecular weight is 483 g/mol. The molecule has 9 heteroatoms. The Bertz CT molecular complexity index is 526. The molecule has 1 aliphatic heterocycles. The Morgan fingerprint density at radius 2 is 2.28 bits per heavy atom. The number of halogens is 1. The van der Waals surface area contributed by atoms with Crippen molar-refractivity contribution in [1.29, 1.82) is 0 Å². The van der Waals surface area contributed by atoms with Crippen LogP contribution in [0.4, 0.5) is 5.13 Å². The van der Waals surface area contributed by atoms with Crippen molar-refractivity contribution >= 4 is 46.4 Å². The number of aliphatic imine (C=N–C) groups is 1. The molecule has 144 valence electrons. The maximum Gasteiger partial charge on any atom is 0.193 e. The predicted octanol–water partition coefficient (Wildman–Crippen LogP) is 1.89. The van der Waals surface area contributed by atoms with Gasteiger partial charge in [0.15, 0.2) is 11.1 Å². The molecule has 0 amide bonds. The van der Waals surface area contributed by atoms with Crippen LogP contribution < -0.4 is 10.2 Å². The van der Waals surface area contributed by atoms with E-state index in [2.05, 4.69) is 25.6 Å². The van der Waals surface area contributed by atoms with Gasteiger partial charge in [-0.15, -0.1) is 35.3 Å². The van der Waals surface area contributed by atoms with Crippen molar-refractivity contribution in [3.05, 3.63) is 11.1 Å². The number of anilines is 1. The van der Waals surface area contributed by atoms with Crippen LogP contribution >= 0.6 is 35.3 Å². The molecule has 1 aromatic heterocycles. The first-order valence-electron chi connectivity index (χ1n) is 8.28. The maximum atomic E-state index is 5.65. The summed E-state index contributed by atoms with van der Waals surface area (Å²) in [6.45, 7) is 4.79. The van der Waals surface area contributed by atoms with Crippen LogP contribution in [0.25, 0.3) is 0 Å². The molecule has 25 heavy (non-hydrogen) atoms. The number of nitrogens with zero attached hydrogens (tertiary/aromatic N) is 4. The molecule has 0 saturated carbocycles. The molecular weight excluding hydrogens is 453 g/mol. The number of ether oxygens (including phenoxy) is 2. The minimum atomic E-state index is 0. The van der Waals surface area contributed by atoms with Crippen LogP contribution in [0.3, 0.4) is 0 Å². The normalized spacial score (nSPS) is 17.5. The van der Waals surface area contributed by atoms with Gasteiger partial charge in [0.1, 0.15) is 0 Å². The molecule has 0 bridgehead atoms. The molecule has 7 nitrogen and oxygen atoms in total. The minimum Gasteiger partial charge on any atom is -0.382 e. The molecule has 1 N–H and O–H groups in total. The third-order valence-electron chi connectivity index (χ3n) is 3.93. The summed E-state index contributed by atoms with van der Waals surface area (Å²) in [6.07, 6.45) is 1.13. The van der Waals surface area contributed by atoms with E-state index >= 15 is 0 Å². The number of guanidine groups is 1. The molecule has 2 heterocycles. The molecule has 0 spiro atoms. The first-order valence-corrected chi connectivity index (χ1v) is 9.16. The zero-order valence-corrected chi connectivity index (χ0v) is 18.7. The molecule has 0 aliphatic carbocycles. The van der Waals surface area contributed by atoms with Crippen LogP contribution in [-0.4, -0.2) is 77.0 Å². The number of hydrogen-bond acceptors (Lipinski definition) is 6. The van der Waals surface area contributed by atoms with Gasteiger partial charge < -0.3 is 24.6 Å². The smallest absolute Gasteiger partial charge is 0.193 e. The third kappa shape index (κ3) is 7.24. The van der Waals surface area contributed by atoms with E-state index in [1.165, 1.54) is 0 Å². The highest BCUT2D eigenvalue weighted by Crippen LogP contribution is 2.19. The van der Waals surface area contributed by atoms with Gasteiger partial charge in [0.05, 0.1) is 32.1 Å². The highest BCUT2D eigenvalue weighted by atomic mass is 127. The van der Waals surface area contributed by atoms with Crippen LogP contribution in [0.15, 0.2) is 10.4 Å². The Hall–Kier alpha value is -0.650. The second-order valence-electron chi connectivity index (χ2n) is 6.09. The fraction of sp³-hybridized carbons (Fsp3) is 0.750. The lowest BCUT2D eigenvalue weighted by Crippen LogP contribution is -2.40. The summed E-state index contributed by atoms with van der Waals surface area (Å²) in [5.41, 5.74) is 1.04. The van der Waals surface area contributed by atoms with Crippen molar-refractivity contribution in [3.63, 3.8) is 0 Å². The fourth-order valence-corrected chi connectivity index (χ4v) is 3.40. The summed E-state index contributed by atoms with van der Waals surface area (Å²) < 4.78 is 10.7. The highest BCUT2D eigenvalue weighted by Gasteiger charge is 2.25. The van der Waals surface area contributed by atoms with Gasteiger partial charge in [-0.3, -0.25) is 4.99 Å². The van der Waals surface area contributed by atoms with Crippen molar-refractivity contribution in [3.8, 4) is 0 Å². The minimum absolute atomic E-state index is 0. The van der Waals surface area contributed by atoms with Gasteiger partial charge in [-0.1, -0.05) is 0 Å². The lowest BCUT2D eigenvalue weighted by Gasteiger charge is -2.21. The maximum absolute atomic E-state index is 5.65. The fourth-order valence-electron chi connectivity index (χ4n) is 2.64. The van der Waals surface area contributed by atoms with Gasteiger partial charge in [0, 0.05) is 52.6 Å². The monoisotopic (exact) mass is 483 g/mol. The van der Waals surface area contributed by atoms with Gasteiger partial charge in [-0.25, -0.2) is 4.98 Å². The van der Waals surface area contributed by atoms with Crippen LogP contribution in [0.5, 0.6) is 0 Å². The molecule has 0 radical (unpaired) electrons. The van der Waals surface area contributed by atoms with E-state index in [4.69, 9.17) is 9.47 Å². The number of aromatic nitrogens is 1.